The van der Waals surface area contributed by atoms with Gasteiger partial charge >= 0.3 is 0 Å². The molecule has 1 unspecified atom stereocenters. The highest BCUT2D eigenvalue weighted by molar-refractivity contribution is 6.03. The average molecular weight is 364 g/mol. The van der Waals surface area contributed by atoms with Gasteiger partial charge in [-0.15, -0.1) is 0 Å². The van der Waals surface area contributed by atoms with Crippen LogP contribution in [-0.2, 0) is 0 Å². The third kappa shape index (κ3) is 3.28. The van der Waals surface area contributed by atoms with Gasteiger partial charge in [0, 0.05) is 12.0 Å². The Bertz CT molecular complexity index is 986. The van der Waals surface area contributed by atoms with Gasteiger partial charge in [0.25, 0.3) is 0 Å². The number of hydrogen-bond acceptors (Lipinski definition) is 3. The highest BCUT2D eigenvalue weighted by Gasteiger charge is 2.33. The molecule has 0 radical (unpaired) electrons. The number of nitrogens with zero attached hydrogens (tertiary/aromatic N) is 2. The SMILES string of the molecule is COc1ccccc1C1CC(c2ccc(F)cc2)=NN1c1ccccc1F. The van der Waals surface area contributed by atoms with Gasteiger partial charge in [-0.3, -0.25) is 5.01 Å². The third-order valence-electron chi connectivity index (χ3n) is 4.69. The molecule has 3 nitrogen and oxygen atoms in total. The molecule has 136 valence electrons. The second-order valence-corrected chi connectivity index (χ2v) is 6.31. The second kappa shape index (κ2) is 7.19. The molecule has 0 saturated carbocycles. The van der Waals surface area contributed by atoms with Crippen LogP contribution in [0.15, 0.2) is 77.9 Å². The Balaban J connectivity index is 1.80. The maximum absolute atomic E-state index is 14.5. The first kappa shape index (κ1) is 17.2. The largest absolute Gasteiger partial charge is 0.496 e. The maximum Gasteiger partial charge on any atom is 0.148 e. The second-order valence-electron chi connectivity index (χ2n) is 6.31. The van der Waals surface area contributed by atoms with Crippen molar-refractivity contribution >= 4 is 11.4 Å². The molecular weight excluding hydrogens is 346 g/mol. The molecule has 5 heteroatoms. The standard InChI is InChI=1S/C22H18F2N2O/c1-27-22-9-5-2-6-17(22)21-14-19(15-10-12-16(23)13-11-15)25-26(21)20-8-4-3-7-18(20)24/h2-13,21H,14H2,1H3. The van der Waals surface area contributed by atoms with Gasteiger partial charge < -0.3 is 4.74 Å². The van der Waals surface area contributed by atoms with Crippen LogP contribution in [0.1, 0.15) is 23.6 Å². The van der Waals surface area contributed by atoms with Gasteiger partial charge in [0.2, 0.25) is 0 Å². The predicted molar refractivity (Wildman–Crippen MR) is 102 cm³/mol. The molecule has 0 bridgehead atoms. The summed E-state index contributed by atoms with van der Waals surface area (Å²) in [6.07, 6.45) is 0.556. The Morgan fingerprint density at radius 2 is 1.63 bits per heavy atom. The Morgan fingerprint density at radius 3 is 2.37 bits per heavy atom. The van der Waals surface area contributed by atoms with Crippen molar-refractivity contribution in [2.45, 2.75) is 12.5 Å². The number of hydrazone groups is 1. The minimum absolute atomic E-state index is 0.224. The molecule has 1 aliphatic heterocycles. The third-order valence-corrected chi connectivity index (χ3v) is 4.69. The first-order valence-corrected chi connectivity index (χ1v) is 8.67. The molecule has 27 heavy (non-hydrogen) atoms. The van der Waals surface area contributed by atoms with Gasteiger partial charge in [-0.1, -0.05) is 42.5 Å². The van der Waals surface area contributed by atoms with Gasteiger partial charge in [0.15, 0.2) is 0 Å². The van der Waals surface area contributed by atoms with Crippen molar-refractivity contribution in [3.05, 3.63) is 95.6 Å². The lowest BCUT2D eigenvalue weighted by Crippen LogP contribution is -2.20. The normalized spacial score (nSPS) is 16.3. The summed E-state index contributed by atoms with van der Waals surface area (Å²) in [5.41, 5.74) is 2.90. The van der Waals surface area contributed by atoms with E-state index in [2.05, 4.69) is 5.10 Å². The van der Waals surface area contributed by atoms with Crippen LogP contribution >= 0.6 is 0 Å². The number of benzene rings is 3. The van der Waals surface area contributed by atoms with Crippen molar-refractivity contribution < 1.29 is 13.5 Å². The predicted octanol–water partition coefficient (Wildman–Crippen LogP) is 5.33. The smallest absolute Gasteiger partial charge is 0.148 e. The lowest BCUT2D eigenvalue weighted by Gasteiger charge is -2.25. The van der Waals surface area contributed by atoms with E-state index in [4.69, 9.17) is 4.74 Å². The fourth-order valence-corrected chi connectivity index (χ4v) is 3.37. The van der Waals surface area contributed by atoms with Gasteiger partial charge in [-0.05, 0) is 35.9 Å². The molecule has 0 aliphatic carbocycles. The van der Waals surface area contributed by atoms with Crippen LogP contribution in [0.2, 0.25) is 0 Å². The molecule has 0 saturated heterocycles. The Hall–Kier alpha value is -3.21. The average Bonchev–Trinajstić information content (AvgIpc) is 3.13. The Kier molecular flexibility index (Phi) is 4.59. The van der Waals surface area contributed by atoms with Crippen LogP contribution < -0.4 is 9.75 Å². The monoisotopic (exact) mass is 364 g/mol. The number of halogens is 2. The summed E-state index contributed by atoms with van der Waals surface area (Å²) >= 11 is 0. The van der Waals surface area contributed by atoms with Crippen molar-refractivity contribution in [2.24, 2.45) is 5.10 Å². The molecule has 0 N–H and O–H groups in total. The molecule has 1 atom stereocenters. The molecule has 3 aromatic rings. The van der Waals surface area contributed by atoms with Crippen LogP contribution in [0.3, 0.4) is 0 Å². The van der Waals surface area contributed by atoms with E-state index in [-0.39, 0.29) is 17.7 Å². The number of methoxy groups -OCH3 is 1. The van der Waals surface area contributed by atoms with Crippen LogP contribution in [0, 0.1) is 11.6 Å². The van der Waals surface area contributed by atoms with Crippen LogP contribution in [0.5, 0.6) is 5.75 Å². The number of anilines is 1. The zero-order valence-electron chi connectivity index (χ0n) is 14.8. The van der Waals surface area contributed by atoms with E-state index in [9.17, 15) is 8.78 Å². The Morgan fingerprint density at radius 1 is 0.926 bits per heavy atom. The van der Waals surface area contributed by atoms with E-state index in [0.717, 1.165) is 22.6 Å². The van der Waals surface area contributed by atoms with Crippen molar-refractivity contribution in [3.63, 3.8) is 0 Å². The lowest BCUT2D eigenvalue weighted by atomic mass is 9.97. The molecular formula is C22H18F2N2O. The zero-order chi connectivity index (χ0) is 18.8. The minimum Gasteiger partial charge on any atom is -0.496 e. The van der Waals surface area contributed by atoms with Crippen LogP contribution in [0.4, 0.5) is 14.5 Å². The number of ether oxygens (including phenoxy) is 1. The van der Waals surface area contributed by atoms with Gasteiger partial charge in [-0.2, -0.15) is 5.10 Å². The summed E-state index contributed by atoms with van der Waals surface area (Å²) in [6.45, 7) is 0. The van der Waals surface area contributed by atoms with Gasteiger partial charge in [0.1, 0.15) is 17.4 Å². The quantitative estimate of drug-likeness (QED) is 0.625. The maximum atomic E-state index is 14.5. The van der Waals surface area contributed by atoms with Crippen molar-refractivity contribution in [1.82, 2.24) is 0 Å². The number of hydrogen-bond donors (Lipinski definition) is 0. The van der Waals surface area contributed by atoms with E-state index in [1.165, 1.54) is 18.2 Å². The summed E-state index contributed by atoms with van der Waals surface area (Å²) in [6, 6.07) is 20.2. The van der Waals surface area contributed by atoms with Crippen LogP contribution in [0.25, 0.3) is 0 Å². The summed E-state index contributed by atoms with van der Waals surface area (Å²) in [7, 11) is 1.61. The number of para-hydroxylation sites is 2. The summed E-state index contributed by atoms with van der Waals surface area (Å²) in [5.74, 6) is 0.0745. The molecule has 4 rings (SSSR count). The van der Waals surface area contributed by atoms with E-state index in [0.29, 0.717) is 12.1 Å². The molecule has 1 aliphatic rings. The molecule has 0 aromatic heterocycles. The molecule has 3 aromatic carbocycles. The first-order chi connectivity index (χ1) is 13.2. The van der Waals surface area contributed by atoms with Gasteiger partial charge in [-0.25, -0.2) is 8.78 Å². The topological polar surface area (TPSA) is 24.8 Å². The van der Waals surface area contributed by atoms with Gasteiger partial charge in [0.05, 0.1) is 24.6 Å². The summed E-state index contributed by atoms with van der Waals surface area (Å²) < 4.78 is 33.3. The minimum atomic E-state index is -0.346. The van der Waals surface area contributed by atoms with E-state index < -0.39 is 0 Å². The zero-order valence-corrected chi connectivity index (χ0v) is 14.8. The van der Waals surface area contributed by atoms with E-state index in [1.807, 2.05) is 24.3 Å². The Labute approximate surface area is 156 Å². The molecule has 0 fully saturated rings. The molecule has 0 spiro atoms. The van der Waals surface area contributed by atoms with Crippen LogP contribution in [-0.4, -0.2) is 12.8 Å². The summed E-state index contributed by atoms with van der Waals surface area (Å²) in [5, 5.41) is 6.37. The highest BCUT2D eigenvalue weighted by atomic mass is 19.1. The van der Waals surface area contributed by atoms with Crippen molar-refractivity contribution in [1.29, 1.82) is 0 Å². The number of rotatable bonds is 4. The van der Waals surface area contributed by atoms with Crippen molar-refractivity contribution in [3.8, 4) is 5.75 Å². The van der Waals surface area contributed by atoms with E-state index >= 15 is 0 Å². The lowest BCUT2D eigenvalue weighted by molar-refractivity contribution is 0.405. The van der Waals surface area contributed by atoms with E-state index in [1.54, 1.807) is 42.5 Å². The fourth-order valence-electron chi connectivity index (χ4n) is 3.37. The fraction of sp³-hybridized carbons (Fsp3) is 0.136. The molecule has 1 heterocycles. The summed E-state index contributed by atoms with van der Waals surface area (Å²) in [4.78, 5) is 0. The first-order valence-electron chi connectivity index (χ1n) is 8.67. The highest BCUT2D eigenvalue weighted by Crippen LogP contribution is 2.40. The molecule has 0 amide bonds. The van der Waals surface area contributed by atoms with Crippen molar-refractivity contribution in [2.75, 3.05) is 12.1 Å².